The van der Waals surface area contributed by atoms with Crippen molar-refractivity contribution in [3.05, 3.63) is 59.6 Å². The van der Waals surface area contributed by atoms with Gasteiger partial charge in [0.2, 0.25) is 0 Å². The largest absolute Gasteiger partial charge is 0.416 e. The van der Waals surface area contributed by atoms with Crippen LogP contribution in [0.25, 0.3) is 0 Å². The Labute approximate surface area is 167 Å². The Bertz CT molecular complexity index is 709. The summed E-state index contributed by atoms with van der Waals surface area (Å²) in [5, 5.41) is 11.0. The van der Waals surface area contributed by atoms with Crippen molar-refractivity contribution in [2.75, 3.05) is 12.4 Å². The molecule has 2 unspecified atom stereocenters. The summed E-state index contributed by atoms with van der Waals surface area (Å²) in [6.45, 7) is 0. The Morgan fingerprint density at radius 3 is 2.50 bits per heavy atom. The molecule has 0 bridgehead atoms. The van der Waals surface area contributed by atoms with E-state index >= 15 is 0 Å². The fourth-order valence-electron chi connectivity index (χ4n) is 2.71. The number of benzene rings is 1. The monoisotopic (exact) mass is 580 g/mol. The fourth-order valence-corrected chi connectivity index (χ4v) is 2.87. The molecule has 3 nitrogen and oxygen atoms in total. The van der Waals surface area contributed by atoms with Gasteiger partial charge < -0.3 is 12.7 Å². The van der Waals surface area contributed by atoms with Crippen LogP contribution in [-0.2, 0) is 6.18 Å². The molecular formula is C16H16ClF3N3U-. The molecule has 0 aliphatic heterocycles. The van der Waals surface area contributed by atoms with Crippen LogP contribution in [0.5, 0.6) is 0 Å². The minimum atomic E-state index is -4.32. The van der Waals surface area contributed by atoms with E-state index in [1.165, 1.54) is 12.1 Å². The van der Waals surface area contributed by atoms with E-state index in [4.69, 9.17) is 11.6 Å². The molecule has 1 N–H and O–H groups in total. The minimum Gasteiger partial charge on any atom is -0.371 e. The van der Waals surface area contributed by atoms with Crippen LogP contribution in [0.4, 0.5) is 19.0 Å². The number of nitrogens with zero attached hydrogens (tertiary/aromatic N) is 2. The molecule has 1 heterocycles. The number of hydrogen-bond donors (Lipinski definition) is 1. The van der Waals surface area contributed by atoms with E-state index in [1.54, 1.807) is 19.2 Å². The number of halogens is 4. The van der Waals surface area contributed by atoms with Gasteiger partial charge in [-0.05, 0) is 36.0 Å². The molecule has 0 saturated heterocycles. The van der Waals surface area contributed by atoms with E-state index < -0.39 is 11.7 Å². The maximum atomic E-state index is 12.8. The Morgan fingerprint density at radius 1 is 1.17 bits per heavy atom. The Hall–Kier alpha value is -0.768. The van der Waals surface area contributed by atoms with Gasteiger partial charge in [0.1, 0.15) is 0 Å². The maximum Gasteiger partial charge on any atom is 0.416 e. The molecule has 8 heteroatoms. The molecule has 1 aromatic carbocycles. The predicted octanol–water partition coefficient (Wildman–Crippen LogP) is 4.91. The van der Waals surface area contributed by atoms with Crippen LogP contribution < -0.4 is 5.32 Å². The van der Waals surface area contributed by atoms with E-state index in [0.717, 1.165) is 18.1 Å². The Morgan fingerprint density at radius 2 is 1.88 bits per heavy atom. The minimum absolute atomic E-state index is 0. The van der Waals surface area contributed by atoms with Crippen LogP contribution in [-0.4, -0.2) is 17.2 Å². The summed E-state index contributed by atoms with van der Waals surface area (Å²) in [6, 6.07) is 7.21. The van der Waals surface area contributed by atoms with Crippen molar-refractivity contribution in [2.24, 2.45) is 0 Å². The van der Waals surface area contributed by atoms with Gasteiger partial charge in [0.15, 0.2) is 11.0 Å². The van der Waals surface area contributed by atoms with E-state index in [-0.39, 0.29) is 55.5 Å². The summed E-state index contributed by atoms with van der Waals surface area (Å²) in [5.74, 6) is 0.775. The molecule has 1 aromatic heterocycles. The molecule has 1 saturated carbocycles. The molecule has 2 aromatic rings. The fraction of sp³-hybridized carbons (Fsp3) is 0.312. The van der Waals surface area contributed by atoms with Gasteiger partial charge in [-0.1, -0.05) is 29.8 Å². The summed E-state index contributed by atoms with van der Waals surface area (Å²) in [7, 11) is 1.73. The van der Waals surface area contributed by atoms with Gasteiger partial charge in [-0.2, -0.15) is 13.2 Å². The Balaban J connectivity index is 0.00000144. The van der Waals surface area contributed by atoms with Gasteiger partial charge in [0, 0.05) is 43.7 Å². The third-order valence-corrected chi connectivity index (χ3v) is 4.05. The van der Waals surface area contributed by atoms with Gasteiger partial charge in [0.05, 0.1) is 5.56 Å². The van der Waals surface area contributed by atoms with E-state index in [0.29, 0.717) is 11.4 Å². The number of alkyl halides is 3. The molecule has 3 rings (SSSR count). The van der Waals surface area contributed by atoms with Crippen molar-refractivity contribution in [3.8, 4) is 0 Å². The summed E-state index contributed by atoms with van der Waals surface area (Å²) in [6.07, 6.45) is -3.55. The molecule has 128 valence electrons. The average molecular weight is 581 g/mol. The third kappa shape index (κ3) is 4.44. The molecule has 0 spiro atoms. The quantitative estimate of drug-likeness (QED) is 0.525. The van der Waals surface area contributed by atoms with Crippen molar-refractivity contribution < 1.29 is 44.3 Å². The molecule has 24 heavy (non-hydrogen) atoms. The van der Waals surface area contributed by atoms with Gasteiger partial charge in [-0.25, -0.2) is 0 Å². The summed E-state index contributed by atoms with van der Waals surface area (Å²) in [4.78, 5) is 0. The number of aromatic nitrogens is 2. The second-order valence-electron chi connectivity index (χ2n) is 5.29. The van der Waals surface area contributed by atoms with Crippen LogP contribution in [0, 0.1) is 38.5 Å². The number of hydrogen-bond acceptors (Lipinski definition) is 3. The van der Waals surface area contributed by atoms with Gasteiger partial charge in [-0.3, -0.25) is 0 Å². The normalized spacial score (nSPS) is 19.0. The predicted molar refractivity (Wildman–Crippen MR) is 84.5 cm³/mol. The van der Waals surface area contributed by atoms with Gasteiger partial charge in [-0.15, -0.1) is 10.2 Å². The zero-order valence-corrected chi connectivity index (χ0v) is 18.1. The zero-order chi connectivity index (χ0) is 15.9. The SMILES string of the molecule is CNc1nnc(Cl)cc1C1CC1c1cccc(C(F)(F)F)c1.[CH3-].[U]. The van der Waals surface area contributed by atoms with Crippen molar-refractivity contribution >= 4 is 17.4 Å². The first-order valence-electron chi connectivity index (χ1n) is 6.78. The van der Waals surface area contributed by atoms with Gasteiger partial charge in [0.25, 0.3) is 0 Å². The molecule has 0 radical (unpaired) electrons. The zero-order valence-electron chi connectivity index (χ0n) is 13.2. The Kier molecular flexibility index (Phi) is 7.16. The molecule has 1 aliphatic carbocycles. The van der Waals surface area contributed by atoms with Gasteiger partial charge >= 0.3 is 6.18 Å². The summed E-state index contributed by atoms with van der Waals surface area (Å²) < 4.78 is 38.4. The average Bonchev–Trinajstić information content (AvgIpc) is 3.27. The maximum absolute atomic E-state index is 12.8. The van der Waals surface area contributed by atoms with Crippen LogP contribution >= 0.6 is 11.6 Å². The van der Waals surface area contributed by atoms with Crippen molar-refractivity contribution in [1.29, 1.82) is 0 Å². The van der Waals surface area contributed by atoms with Crippen LogP contribution in [0.3, 0.4) is 0 Å². The van der Waals surface area contributed by atoms with E-state index in [1.807, 2.05) is 0 Å². The second kappa shape index (κ2) is 8.07. The van der Waals surface area contributed by atoms with Crippen molar-refractivity contribution in [1.82, 2.24) is 10.2 Å². The molecule has 1 aliphatic rings. The number of rotatable bonds is 3. The van der Waals surface area contributed by atoms with Crippen molar-refractivity contribution in [3.63, 3.8) is 0 Å². The van der Waals surface area contributed by atoms with Crippen LogP contribution in [0.1, 0.15) is 34.9 Å². The third-order valence-electron chi connectivity index (χ3n) is 3.86. The smallest absolute Gasteiger partial charge is 0.371 e. The van der Waals surface area contributed by atoms with Crippen LogP contribution in [0.2, 0.25) is 5.15 Å². The number of anilines is 1. The molecule has 2 atom stereocenters. The second-order valence-corrected chi connectivity index (χ2v) is 5.68. The van der Waals surface area contributed by atoms with Crippen molar-refractivity contribution in [2.45, 2.75) is 24.4 Å². The standard InChI is InChI=1S/C15H13ClF3N3.CH3.U/c1-20-14-12(7-13(16)21-22-14)11-6-10(11)8-3-2-4-9(5-8)15(17,18)19;;/h2-5,7,10-11H,6H2,1H3,(H,20,22);1H3;/q;-1;. The number of nitrogens with one attached hydrogen (secondary N) is 1. The summed E-state index contributed by atoms with van der Waals surface area (Å²) >= 11 is 5.87. The van der Waals surface area contributed by atoms with E-state index in [9.17, 15) is 13.2 Å². The first-order chi connectivity index (χ1) is 10.4. The first-order valence-corrected chi connectivity index (χ1v) is 7.16. The van der Waals surface area contributed by atoms with Crippen LogP contribution in [0.15, 0.2) is 30.3 Å². The van der Waals surface area contributed by atoms with E-state index in [2.05, 4.69) is 15.5 Å². The summed E-state index contributed by atoms with van der Waals surface area (Å²) in [5.41, 5.74) is 0.968. The first kappa shape index (κ1) is 21.3. The molecule has 1 fully saturated rings. The molecular weight excluding hydrogens is 565 g/mol. The molecule has 0 amide bonds. The topological polar surface area (TPSA) is 37.8 Å².